The van der Waals surface area contributed by atoms with Gasteiger partial charge in [0.25, 0.3) is 5.91 Å². The summed E-state index contributed by atoms with van der Waals surface area (Å²) in [5.74, 6) is 3.74. The summed E-state index contributed by atoms with van der Waals surface area (Å²) in [6.45, 7) is 0.216. The highest BCUT2D eigenvalue weighted by molar-refractivity contribution is 5.95. The highest BCUT2D eigenvalue weighted by Gasteiger charge is 2.09. The number of hydrazone groups is 1. The van der Waals surface area contributed by atoms with Crippen LogP contribution in [0.25, 0.3) is 0 Å². The first-order valence-corrected chi connectivity index (χ1v) is 7.39. The lowest BCUT2D eigenvalue weighted by atomic mass is 10.2. The van der Waals surface area contributed by atoms with E-state index in [1.54, 1.807) is 42.5 Å². The molecule has 0 aromatic heterocycles. The van der Waals surface area contributed by atoms with Crippen LogP contribution in [0, 0.1) is 12.3 Å². The molecule has 0 spiro atoms. The van der Waals surface area contributed by atoms with E-state index in [9.17, 15) is 4.79 Å². The Hall–Kier alpha value is -3.46. The van der Waals surface area contributed by atoms with E-state index in [1.807, 2.05) is 0 Å². The zero-order valence-electron chi connectivity index (χ0n) is 14.0. The minimum absolute atomic E-state index is 0.216. The number of amides is 1. The lowest BCUT2D eigenvalue weighted by Gasteiger charge is -2.07. The third-order valence-corrected chi connectivity index (χ3v) is 3.20. The highest BCUT2D eigenvalue weighted by atomic mass is 16.5. The van der Waals surface area contributed by atoms with Crippen LogP contribution in [0.5, 0.6) is 17.2 Å². The Morgan fingerprint density at radius 3 is 2.32 bits per heavy atom. The van der Waals surface area contributed by atoms with E-state index in [2.05, 4.69) is 16.4 Å². The van der Waals surface area contributed by atoms with Crippen molar-refractivity contribution >= 4 is 12.1 Å². The molecule has 2 aromatic carbocycles. The Morgan fingerprint density at radius 1 is 1.12 bits per heavy atom. The number of nitrogens with zero attached hydrogens (tertiary/aromatic N) is 1. The SMILES string of the molecule is C#CCOc1ccc(C=NNC(=O)c2cc(OC)cc(OC)c2)cc1. The van der Waals surface area contributed by atoms with Gasteiger partial charge in [0.15, 0.2) is 0 Å². The zero-order chi connectivity index (χ0) is 18.1. The van der Waals surface area contributed by atoms with Crippen molar-refractivity contribution in [3.05, 3.63) is 53.6 Å². The molecular formula is C19H18N2O4. The van der Waals surface area contributed by atoms with Crippen LogP contribution in [-0.4, -0.2) is 32.9 Å². The monoisotopic (exact) mass is 338 g/mol. The smallest absolute Gasteiger partial charge is 0.271 e. The van der Waals surface area contributed by atoms with E-state index >= 15 is 0 Å². The molecule has 0 aliphatic rings. The van der Waals surface area contributed by atoms with Crippen molar-refractivity contribution in [3.8, 4) is 29.6 Å². The first-order valence-electron chi connectivity index (χ1n) is 7.39. The Balaban J connectivity index is 1.99. The average molecular weight is 338 g/mol. The maximum Gasteiger partial charge on any atom is 0.271 e. The van der Waals surface area contributed by atoms with Gasteiger partial charge in [-0.1, -0.05) is 5.92 Å². The van der Waals surface area contributed by atoms with Crippen molar-refractivity contribution in [1.29, 1.82) is 0 Å². The Morgan fingerprint density at radius 2 is 1.76 bits per heavy atom. The summed E-state index contributed by atoms with van der Waals surface area (Å²) < 4.78 is 15.6. The van der Waals surface area contributed by atoms with Crippen LogP contribution in [0.15, 0.2) is 47.6 Å². The van der Waals surface area contributed by atoms with Gasteiger partial charge in [0, 0.05) is 11.6 Å². The van der Waals surface area contributed by atoms with Gasteiger partial charge in [0.05, 0.1) is 20.4 Å². The van der Waals surface area contributed by atoms with Crippen molar-refractivity contribution in [2.75, 3.05) is 20.8 Å². The van der Waals surface area contributed by atoms with Crippen molar-refractivity contribution in [1.82, 2.24) is 5.43 Å². The molecule has 0 saturated heterocycles. The van der Waals surface area contributed by atoms with E-state index in [0.29, 0.717) is 22.8 Å². The number of benzene rings is 2. The number of hydrogen-bond donors (Lipinski definition) is 1. The summed E-state index contributed by atoms with van der Waals surface area (Å²) in [6, 6.07) is 12.0. The van der Waals surface area contributed by atoms with Gasteiger partial charge in [-0.05, 0) is 42.0 Å². The second-order valence-electron chi connectivity index (χ2n) is 4.86. The Kier molecular flexibility index (Phi) is 6.43. The first kappa shape index (κ1) is 17.9. The molecule has 0 aliphatic heterocycles. The van der Waals surface area contributed by atoms with Gasteiger partial charge >= 0.3 is 0 Å². The van der Waals surface area contributed by atoms with Gasteiger partial charge in [-0.25, -0.2) is 5.43 Å². The molecule has 2 rings (SSSR count). The standard InChI is InChI=1S/C19H18N2O4/c1-4-9-25-16-7-5-14(6-8-16)13-20-21-19(22)15-10-17(23-2)12-18(11-15)24-3/h1,5-8,10-13H,9H2,2-3H3,(H,21,22). The Bertz CT molecular complexity index is 770. The third kappa shape index (κ3) is 5.29. The van der Waals surface area contributed by atoms with Crippen LogP contribution in [0.3, 0.4) is 0 Å². The van der Waals surface area contributed by atoms with Gasteiger partial charge < -0.3 is 14.2 Å². The molecule has 0 atom stereocenters. The molecule has 0 aliphatic carbocycles. The molecule has 6 nitrogen and oxygen atoms in total. The molecule has 0 fully saturated rings. The molecule has 128 valence electrons. The number of terminal acetylenes is 1. The predicted octanol–water partition coefficient (Wildman–Crippen LogP) is 2.48. The molecule has 0 saturated carbocycles. The molecule has 1 N–H and O–H groups in total. The van der Waals surface area contributed by atoms with Gasteiger partial charge in [-0.15, -0.1) is 6.42 Å². The number of nitrogens with one attached hydrogen (secondary N) is 1. The number of hydrogen-bond acceptors (Lipinski definition) is 5. The molecule has 25 heavy (non-hydrogen) atoms. The minimum Gasteiger partial charge on any atom is -0.497 e. The van der Waals surface area contributed by atoms with Crippen molar-refractivity contribution in [2.45, 2.75) is 0 Å². The topological polar surface area (TPSA) is 69.2 Å². The summed E-state index contributed by atoms with van der Waals surface area (Å²) in [4.78, 5) is 12.2. The molecule has 0 radical (unpaired) electrons. The van der Waals surface area contributed by atoms with Gasteiger partial charge in [-0.2, -0.15) is 5.10 Å². The van der Waals surface area contributed by atoms with Gasteiger partial charge in [0.1, 0.15) is 23.9 Å². The van der Waals surface area contributed by atoms with Crippen LogP contribution in [0.1, 0.15) is 15.9 Å². The molecule has 0 heterocycles. The number of rotatable bonds is 7. The average Bonchev–Trinajstić information content (AvgIpc) is 2.66. The number of ether oxygens (including phenoxy) is 3. The van der Waals surface area contributed by atoms with E-state index < -0.39 is 0 Å². The van der Waals surface area contributed by atoms with Gasteiger partial charge in [-0.3, -0.25) is 4.79 Å². The number of methoxy groups -OCH3 is 2. The van der Waals surface area contributed by atoms with Crippen molar-refractivity contribution in [2.24, 2.45) is 5.10 Å². The fourth-order valence-corrected chi connectivity index (χ4v) is 1.94. The number of carbonyl (C=O) groups excluding carboxylic acids is 1. The molecule has 2 aromatic rings. The van der Waals surface area contributed by atoms with Crippen molar-refractivity contribution < 1.29 is 19.0 Å². The van der Waals surface area contributed by atoms with Crippen LogP contribution >= 0.6 is 0 Å². The normalized spacial score (nSPS) is 10.1. The lowest BCUT2D eigenvalue weighted by molar-refractivity contribution is 0.0954. The van der Waals surface area contributed by atoms with Crippen LogP contribution < -0.4 is 19.6 Å². The largest absolute Gasteiger partial charge is 0.497 e. The highest BCUT2D eigenvalue weighted by Crippen LogP contribution is 2.22. The second kappa shape index (κ2) is 8.99. The van der Waals surface area contributed by atoms with E-state index in [1.165, 1.54) is 20.4 Å². The second-order valence-corrected chi connectivity index (χ2v) is 4.86. The predicted molar refractivity (Wildman–Crippen MR) is 95.4 cm³/mol. The maximum absolute atomic E-state index is 12.2. The summed E-state index contributed by atoms with van der Waals surface area (Å²) in [6.07, 6.45) is 6.66. The molecule has 1 amide bonds. The number of carbonyl (C=O) groups is 1. The summed E-state index contributed by atoms with van der Waals surface area (Å²) in [5, 5.41) is 3.94. The van der Waals surface area contributed by atoms with Crippen molar-refractivity contribution in [3.63, 3.8) is 0 Å². The summed E-state index contributed by atoms with van der Waals surface area (Å²) >= 11 is 0. The van der Waals surface area contributed by atoms with Gasteiger partial charge in [0.2, 0.25) is 0 Å². The summed E-state index contributed by atoms with van der Waals surface area (Å²) in [7, 11) is 3.04. The summed E-state index contributed by atoms with van der Waals surface area (Å²) in [5.41, 5.74) is 3.64. The van der Waals surface area contributed by atoms with Crippen LogP contribution in [0.4, 0.5) is 0 Å². The third-order valence-electron chi connectivity index (χ3n) is 3.20. The molecule has 0 unspecified atom stereocenters. The zero-order valence-corrected chi connectivity index (χ0v) is 14.0. The molecule has 6 heteroatoms. The fraction of sp³-hybridized carbons (Fsp3) is 0.158. The fourth-order valence-electron chi connectivity index (χ4n) is 1.94. The lowest BCUT2D eigenvalue weighted by Crippen LogP contribution is -2.17. The van der Waals surface area contributed by atoms with E-state index in [0.717, 1.165) is 5.56 Å². The first-order chi connectivity index (χ1) is 12.2. The Labute approximate surface area is 146 Å². The van der Waals surface area contributed by atoms with E-state index in [4.69, 9.17) is 20.6 Å². The quantitative estimate of drug-likeness (QED) is 0.478. The van der Waals surface area contributed by atoms with E-state index in [-0.39, 0.29) is 12.5 Å². The molecular weight excluding hydrogens is 320 g/mol. The maximum atomic E-state index is 12.2. The van der Waals surface area contributed by atoms with Crippen LogP contribution in [-0.2, 0) is 0 Å². The van der Waals surface area contributed by atoms with Crippen LogP contribution in [0.2, 0.25) is 0 Å². The molecule has 0 bridgehead atoms. The minimum atomic E-state index is -0.373.